The average molecular weight is 551 g/mol. The van der Waals surface area contributed by atoms with Gasteiger partial charge in [-0.25, -0.2) is 9.37 Å². The predicted octanol–water partition coefficient (Wildman–Crippen LogP) is 4.22. The molecule has 1 unspecified atom stereocenters. The number of amides is 1. The molecule has 0 aliphatic carbocycles. The maximum absolute atomic E-state index is 14.4. The molecule has 3 aromatic rings. The van der Waals surface area contributed by atoms with Crippen molar-refractivity contribution in [3.05, 3.63) is 56.6 Å². The number of nitrogens with zero attached hydrogens (tertiary/aromatic N) is 3. The Hall–Kier alpha value is -2.71. The van der Waals surface area contributed by atoms with Gasteiger partial charge in [0.2, 0.25) is 5.76 Å². The van der Waals surface area contributed by atoms with Crippen LogP contribution in [0, 0.1) is 17.1 Å². The fourth-order valence-electron chi connectivity index (χ4n) is 4.00. The van der Waals surface area contributed by atoms with Crippen LogP contribution >= 0.6 is 27.5 Å². The van der Waals surface area contributed by atoms with Gasteiger partial charge < -0.3 is 25.1 Å². The van der Waals surface area contributed by atoms with E-state index < -0.39 is 24.4 Å². The van der Waals surface area contributed by atoms with Crippen LogP contribution in [0.2, 0.25) is 5.02 Å². The van der Waals surface area contributed by atoms with Crippen LogP contribution in [0.3, 0.4) is 0 Å². The van der Waals surface area contributed by atoms with Gasteiger partial charge in [0.1, 0.15) is 17.7 Å². The number of aliphatic hydroxyl groups excluding tert-OH is 1. The number of aliphatic hydroxyl groups is 1. The fraction of sp³-hybridized carbons (Fsp3) is 0.348. The Bertz CT molecular complexity index is 1250. The van der Waals surface area contributed by atoms with Gasteiger partial charge in [0.15, 0.2) is 11.3 Å². The van der Waals surface area contributed by atoms with Gasteiger partial charge in [-0.1, -0.05) is 17.7 Å². The van der Waals surface area contributed by atoms with Crippen molar-refractivity contribution in [1.29, 1.82) is 5.26 Å². The first-order valence-electron chi connectivity index (χ1n) is 10.7. The van der Waals surface area contributed by atoms with E-state index in [1.54, 1.807) is 0 Å². The molecule has 1 aliphatic heterocycles. The summed E-state index contributed by atoms with van der Waals surface area (Å²) < 4.78 is 20.5. The number of hydrogen-bond acceptors (Lipinski definition) is 7. The molecular weight excluding hydrogens is 529 g/mol. The van der Waals surface area contributed by atoms with Crippen molar-refractivity contribution in [3.8, 4) is 6.07 Å². The predicted molar refractivity (Wildman–Crippen MR) is 129 cm³/mol. The molecule has 1 amide bonds. The van der Waals surface area contributed by atoms with Crippen molar-refractivity contribution in [2.45, 2.75) is 24.9 Å². The van der Waals surface area contributed by atoms with Crippen molar-refractivity contribution in [1.82, 2.24) is 15.2 Å². The summed E-state index contributed by atoms with van der Waals surface area (Å²) in [7, 11) is 2.06. The summed E-state index contributed by atoms with van der Waals surface area (Å²) in [5, 5.41) is 25.7. The molecule has 1 saturated heterocycles. The van der Waals surface area contributed by atoms with E-state index >= 15 is 0 Å². The van der Waals surface area contributed by atoms with Crippen molar-refractivity contribution in [2.75, 3.05) is 32.1 Å². The van der Waals surface area contributed by atoms with E-state index in [0.29, 0.717) is 15.7 Å². The van der Waals surface area contributed by atoms with E-state index in [1.807, 2.05) is 6.07 Å². The molecule has 1 fully saturated rings. The number of fused-ring (bicyclic) bond motifs is 1. The second-order valence-corrected chi connectivity index (χ2v) is 9.35. The normalized spacial score (nSPS) is 15.8. The van der Waals surface area contributed by atoms with Gasteiger partial charge in [-0.15, -0.1) is 0 Å². The first kappa shape index (κ1) is 24.4. The van der Waals surface area contributed by atoms with Crippen molar-refractivity contribution < 1.29 is 18.7 Å². The van der Waals surface area contributed by atoms with Crippen molar-refractivity contribution in [2.24, 2.45) is 0 Å². The number of pyridine rings is 1. The molecule has 3 heterocycles. The van der Waals surface area contributed by atoms with Gasteiger partial charge >= 0.3 is 0 Å². The number of nitrogens with one attached hydrogen (secondary N) is 2. The molecule has 1 atom stereocenters. The van der Waals surface area contributed by atoms with Gasteiger partial charge in [-0.3, -0.25) is 4.79 Å². The van der Waals surface area contributed by atoms with Crippen LogP contribution in [0.25, 0.3) is 11.0 Å². The number of carbonyl (C=O) groups excluding carboxylic acids is 1. The quantitative estimate of drug-likeness (QED) is 0.421. The lowest BCUT2D eigenvalue weighted by Gasteiger charge is -2.30. The number of nitriles is 1. The number of benzene rings is 1. The lowest BCUT2D eigenvalue weighted by molar-refractivity contribution is 0.0911. The highest BCUT2D eigenvalue weighted by molar-refractivity contribution is 9.10. The minimum absolute atomic E-state index is 0.0128. The number of likely N-dealkylation sites (tertiary alicyclic amines) is 1. The minimum atomic E-state index is -1.11. The SMILES string of the molecule is CN1CCC(Nc2nc(C(=O)NC(CO)c3c(F)cccc3Cl)c3oc(C#N)cc3c2Br)CC1. The average Bonchev–Trinajstić information content (AvgIpc) is 3.26. The molecule has 0 radical (unpaired) electrons. The van der Waals surface area contributed by atoms with Crippen LogP contribution in [-0.2, 0) is 0 Å². The highest BCUT2D eigenvalue weighted by Crippen LogP contribution is 2.35. The lowest BCUT2D eigenvalue weighted by Crippen LogP contribution is -2.37. The van der Waals surface area contributed by atoms with Crippen LogP contribution in [-0.4, -0.2) is 53.7 Å². The molecule has 4 rings (SSSR count). The van der Waals surface area contributed by atoms with E-state index in [9.17, 15) is 19.6 Å². The zero-order valence-electron chi connectivity index (χ0n) is 18.2. The first-order chi connectivity index (χ1) is 16.3. The summed E-state index contributed by atoms with van der Waals surface area (Å²) in [6, 6.07) is 6.59. The zero-order valence-corrected chi connectivity index (χ0v) is 20.6. The van der Waals surface area contributed by atoms with Crippen molar-refractivity contribution in [3.63, 3.8) is 0 Å². The molecule has 11 heteroatoms. The zero-order chi connectivity index (χ0) is 24.4. The maximum Gasteiger partial charge on any atom is 0.274 e. The first-order valence-corrected chi connectivity index (χ1v) is 11.8. The number of hydrogen-bond donors (Lipinski definition) is 3. The van der Waals surface area contributed by atoms with Crippen LogP contribution in [0.1, 0.15) is 40.7 Å². The Morgan fingerprint density at radius 3 is 2.85 bits per heavy atom. The minimum Gasteiger partial charge on any atom is -0.443 e. The Morgan fingerprint density at radius 1 is 1.47 bits per heavy atom. The third-order valence-corrected chi connectivity index (χ3v) is 6.97. The molecule has 0 saturated carbocycles. The van der Waals surface area contributed by atoms with Gasteiger partial charge in [0, 0.05) is 28.1 Å². The Kier molecular flexibility index (Phi) is 7.38. The summed E-state index contributed by atoms with van der Waals surface area (Å²) in [5.41, 5.74) is -0.0255. The molecule has 0 bridgehead atoms. The molecule has 8 nitrogen and oxygen atoms in total. The highest BCUT2D eigenvalue weighted by Gasteiger charge is 2.27. The van der Waals surface area contributed by atoms with Gasteiger partial charge in [0.25, 0.3) is 5.91 Å². The monoisotopic (exact) mass is 549 g/mol. The van der Waals surface area contributed by atoms with Crippen LogP contribution in [0.5, 0.6) is 0 Å². The summed E-state index contributed by atoms with van der Waals surface area (Å²) in [6.45, 7) is 1.27. The molecule has 1 aliphatic rings. The smallest absolute Gasteiger partial charge is 0.274 e. The van der Waals surface area contributed by atoms with Crippen LogP contribution in [0.15, 0.2) is 33.2 Å². The topological polar surface area (TPSA) is 114 Å². The van der Waals surface area contributed by atoms with E-state index in [0.717, 1.165) is 25.9 Å². The number of piperidine rings is 1. The van der Waals surface area contributed by atoms with Gasteiger partial charge in [-0.05, 0) is 61.0 Å². The van der Waals surface area contributed by atoms with Gasteiger partial charge in [0.05, 0.1) is 17.1 Å². The fourth-order valence-corrected chi connectivity index (χ4v) is 4.79. The second kappa shape index (κ2) is 10.3. The molecule has 178 valence electrons. The Labute approximate surface area is 208 Å². The molecular formula is C23H22BrClFN5O3. The van der Waals surface area contributed by atoms with Gasteiger partial charge in [-0.2, -0.15) is 5.26 Å². The second-order valence-electron chi connectivity index (χ2n) is 8.15. The summed E-state index contributed by atoms with van der Waals surface area (Å²) >= 11 is 9.65. The molecule has 2 aromatic heterocycles. The number of halogens is 3. The largest absolute Gasteiger partial charge is 0.443 e. The van der Waals surface area contributed by atoms with E-state index in [1.165, 1.54) is 24.3 Å². The van der Waals surface area contributed by atoms with E-state index in [2.05, 4.69) is 43.5 Å². The third-order valence-electron chi connectivity index (χ3n) is 5.84. The number of anilines is 1. The molecule has 0 spiro atoms. The number of aromatic nitrogens is 1. The standard InChI is InChI=1S/C23H22BrClFN5O3/c1-31-7-5-12(6-8-31)28-22-19(24)14-9-13(10-27)34-21(14)20(30-22)23(33)29-17(11-32)18-15(25)3-2-4-16(18)26/h2-4,9,12,17,32H,5-8,11H2,1H3,(H,28,30)(H,29,33). The van der Waals surface area contributed by atoms with Crippen LogP contribution < -0.4 is 10.6 Å². The van der Waals surface area contributed by atoms with Crippen molar-refractivity contribution >= 4 is 50.2 Å². The highest BCUT2D eigenvalue weighted by atomic mass is 79.9. The lowest BCUT2D eigenvalue weighted by atomic mass is 10.1. The molecule has 3 N–H and O–H groups in total. The number of rotatable bonds is 6. The summed E-state index contributed by atoms with van der Waals surface area (Å²) in [5.74, 6) is -0.919. The molecule has 34 heavy (non-hydrogen) atoms. The Balaban J connectivity index is 1.71. The van der Waals surface area contributed by atoms with E-state index in [-0.39, 0.29) is 33.7 Å². The number of carbonyl (C=O) groups is 1. The van der Waals surface area contributed by atoms with E-state index in [4.69, 9.17) is 16.0 Å². The third kappa shape index (κ3) is 4.88. The summed E-state index contributed by atoms with van der Waals surface area (Å²) in [4.78, 5) is 20.0. The summed E-state index contributed by atoms with van der Waals surface area (Å²) in [6.07, 6.45) is 1.80. The van der Waals surface area contributed by atoms with Crippen LogP contribution in [0.4, 0.5) is 10.2 Å². The molecule has 1 aromatic carbocycles. The Morgan fingerprint density at radius 2 is 2.21 bits per heavy atom. The maximum atomic E-state index is 14.4. The number of furan rings is 1.